The zero-order valence-electron chi connectivity index (χ0n) is 9.38. The molecule has 0 rings (SSSR count). The van der Waals surface area contributed by atoms with Crippen LogP contribution in [0.2, 0.25) is 0 Å². The summed E-state index contributed by atoms with van der Waals surface area (Å²) in [6.45, 7) is 0. The molecule has 3 nitrogen and oxygen atoms in total. The average Bonchev–Trinajstić information content (AvgIpc) is 2.26. The van der Waals surface area contributed by atoms with Crippen LogP contribution in [0, 0.1) is 0 Å². The molecule has 0 saturated heterocycles. The van der Waals surface area contributed by atoms with Gasteiger partial charge in [-0.1, -0.05) is 0 Å². The monoisotopic (exact) mass is 363 g/mol. The molecule has 0 aliphatic rings. The van der Waals surface area contributed by atoms with Crippen LogP contribution in [0.4, 0.5) is 48.3 Å². The standard InChI is InChI=1S/C6H4F11NO2S/c1-18-21(19,20)6(16,17)4(11,12)2(7,8)3(9,10)5(13,14)15/h18H,1H3. The predicted octanol–water partition coefficient (Wildman–Crippen LogP) is 2.60. The molecule has 15 heteroatoms. The van der Waals surface area contributed by atoms with Crippen molar-refractivity contribution in [1.82, 2.24) is 4.72 Å². The molecule has 0 fully saturated rings. The first-order valence-corrected chi connectivity index (χ1v) is 5.80. The van der Waals surface area contributed by atoms with Crippen molar-refractivity contribution in [2.24, 2.45) is 0 Å². The number of rotatable bonds is 5. The van der Waals surface area contributed by atoms with E-state index in [1.54, 1.807) is 0 Å². The fourth-order valence-electron chi connectivity index (χ4n) is 0.855. The first kappa shape index (κ1) is 20.1. The van der Waals surface area contributed by atoms with Gasteiger partial charge >= 0.3 is 29.2 Å². The van der Waals surface area contributed by atoms with Crippen molar-refractivity contribution in [3.63, 3.8) is 0 Å². The molecule has 0 aliphatic heterocycles. The predicted molar refractivity (Wildman–Crippen MR) is 43.8 cm³/mol. The highest BCUT2D eigenvalue weighted by Crippen LogP contribution is 2.58. The van der Waals surface area contributed by atoms with E-state index >= 15 is 0 Å². The van der Waals surface area contributed by atoms with E-state index in [-0.39, 0.29) is 7.05 Å². The number of halogens is 11. The first-order valence-electron chi connectivity index (χ1n) is 4.32. The zero-order valence-corrected chi connectivity index (χ0v) is 10.2. The number of nitrogens with one attached hydrogen (secondary N) is 1. The minimum absolute atomic E-state index is 0.0272. The topological polar surface area (TPSA) is 46.2 Å². The van der Waals surface area contributed by atoms with E-state index in [0.29, 0.717) is 4.72 Å². The van der Waals surface area contributed by atoms with Crippen LogP contribution in [0.5, 0.6) is 0 Å². The Labute approximate surface area is 109 Å². The number of hydrogen-bond acceptors (Lipinski definition) is 2. The van der Waals surface area contributed by atoms with Crippen molar-refractivity contribution in [1.29, 1.82) is 0 Å². The Morgan fingerprint density at radius 1 is 0.667 bits per heavy atom. The maximum absolute atomic E-state index is 12.8. The summed E-state index contributed by atoms with van der Waals surface area (Å²) in [6, 6.07) is 0. The molecule has 0 amide bonds. The number of sulfonamides is 1. The lowest BCUT2D eigenvalue weighted by molar-refractivity contribution is -0.413. The van der Waals surface area contributed by atoms with Crippen LogP contribution >= 0.6 is 0 Å². The number of hydrogen-bond donors (Lipinski definition) is 1. The second kappa shape index (κ2) is 4.82. The van der Waals surface area contributed by atoms with Gasteiger partial charge in [-0.25, -0.2) is 13.1 Å². The molecule has 0 aromatic heterocycles. The van der Waals surface area contributed by atoms with Crippen LogP contribution in [0.15, 0.2) is 0 Å². The Morgan fingerprint density at radius 3 is 1.24 bits per heavy atom. The lowest BCUT2D eigenvalue weighted by Crippen LogP contribution is -2.68. The molecule has 21 heavy (non-hydrogen) atoms. The zero-order chi connectivity index (χ0) is 17.7. The molecule has 0 aliphatic carbocycles. The van der Waals surface area contributed by atoms with Crippen molar-refractivity contribution >= 4 is 10.0 Å². The summed E-state index contributed by atoms with van der Waals surface area (Å²) in [5.41, 5.74) is 0. The molecule has 0 bridgehead atoms. The van der Waals surface area contributed by atoms with Gasteiger partial charge in [0.05, 0.1) is 0 Å². The molecule has 0 atom stereocenters. The molecular weight excluding hydrogens is 359 g/mol. The summed E-state index contributed by atoms with van der Waals surface area (Å²) in [5, 5.41) is -6.95. The maximum atomic E-state index is 12.8. The van der Waals surface area contributed by atoms with Gasteiger partial charge in [-0.3, -0.25) is 0 Å². The fraction of sp³-hybridized carbons (Fsp3) is 1.00. The molecule has 0 aromatic rings. The summed E-state index contributed by atoms with van der Waals surface area (Å²) < 4.78 is 158. The van der Waals surface area contributed by atoms with E-state index in [4.69, 9.17) is 0 Å². The fourth-order valence-corrected chi connectivity index (χ4v) is 1.58. The SMILES string of the molecule is CNS(=O)(=O)C(F)(F)C(F)(F)C(F)(F)C(F)(F)C(F)(F)F. The second-order valence-corrected chi connectivity index (χ2v) is 5.37. The highest BCUT2D eigenvalue weighted by molar-refractivity contribution is 7.90. The Hall–Kier alpha value is -0.860. The normalized spacial score (nSPS) is 16.2. The smallest absolute Gasteiger partial charge is 0.213 e. The Morgan fingerprint density at radius 2 is 1.00 bits per heavy atom. The van der Waals surface area contributed by atoms with Crippen molar-refractivity contribution < 1.29 is 56.7 Å². The largest absolute Gasteiger partial charge is 0.460 e. The summed E-state index contributed by atoms with van der Waals surface area (Å²) >= 11 is 0. The third-order valence-corrected chi connectivity index (χ3v) is 3.59. The Bertz CT molecular complexity index is 493. The Kier molecular flexibility index (Phi) is 4.62. The van der Waals surface area contributed by atoms with Crippen molar-refractivity contribution in [2.75, 3.05) is 7.05 Å². The van der Waals surface area contributed by atoms with Gasteiger partial charge in [0.1, 0.15) is 0 Å². The van der Waals surface area contributed by atoms with Crippen molar-refractivity contribution in [3.05, 3.63) is 0 Å². The van der Waals surface area contributed by atoms with Gasteiger partial charge in [0.15, 0.2) is 0 Å². The van der Waals surface area contributed by atoms with Gasteiger partial charge in [-0.15, -0.1) is 0 Å². The highest BCUT2D eigenvalue weighted by atomic mass is 32.2. The minimum Gasteiger partial charge on any atom is -0.213 e. The van der Waals surface area contributed by atoms with Gasteiger partial charge < -0.3 is 0 Å². The summed E-state index contributed by atoms with van der Waals surface area (Å²) in [6.07, 6.45) is -7.33. The first-order chi connectivity index (χ1) is 8.81. The Balaban J connectivity index is 6.27. The van der Waals surface area contributed by atoms with Crippen LogP contribution in [-0.4, -0.2) is 44.7 Å². The van der Waals surface area contributed by atoms with E-state index in [1.807, 2.05) is 0 Å². The maximum Gasteiger partial charge on any atom is 0.460 e. The molecule has 0 spiro atoms. The second-order valence-electron chi connectivity index (χ2n) is 3.45. The summed E-state index contributed by atoms with van der Waals surface area (Å²) in [7, 11) is -6.63. The van der Waals surface area contributed by atoms with Crippen LogP contribution in [0.3, 0.4) is 0 Å². The van der Waals surface area contributed by atoms with E-state index < -0.39 is 39.2 Å². The van der Waals surface area contributed by atoms with E-state index in [2.05, 4.69) is 0 Å². The van der Waals surface area contributed by atoms with Crippen LogP contribution in [0.25, 0.3) is 0 Å². The third kappa shape index (κ3) is 2.53. The molecule has 128 valence electrons. The van der Waals surface area contributed by atoms with Gasteiger partial charge in [0.25, 0.3) is 10.0 Å². The summed E-state index contributed by atoms with van der Waals surface area (Å²) in [4.78, 5) is 0. The lowest BCUT2D eigenvalue weighted by atomic mass is 10.0. The van der Waals surface area contributed by atoms with Gasteiger partial charge in [0, 0.05) is 0 Å². The van der Waals surface area contributed by atoms with Crippen LogP contribution in [0.1, 0.15) is 0 Å². The molecule has 1 N–H and O–H groups in total. The summed E-state index contributed by atoms with van der Waals surface area (Å²) in [5.74, 6) is -22.9. The average molecular weight is 363 g/mol. The molecule has 0 saturated carbocycles. The molecule has 0 radical (unpaired) electrons. The third-order valence-electron chi connectivity index (χ3n) is 2.12. The molecule has 0 heterocycles. The van der Waals surface area contributed by atoms with E-state index in [0.717, 1.165) is 0 Å². The van der Waals surface area contributed by atoms with Crippen LogP contribution < -0.4 is 4.72 Å². The van der Waals surface area contributed by atoms with E-state index in [9.17, 15) is 56.7 Å². The molecule has 0 aromatic carbocycles. The lowest BCUT2D eigenvalue weighted by Gasteiger charge is -2.36. The van der Waals surface area contributed by atoms with Crippen molar-refractivity contribution in [3.8, 4) is 0 Å². The molecular formula is C6H4F11NO2S. The van der Waals surface area contributed by atoms with Crippen molar-refractivity contribution in [2.45, 2.75) is 29.2 Å². The minimum atomic E-state index is -7.74. The van der Waals surface area contributed by atoms with Gasteiger partial charge in [0.2, 0.25) is 0 Å². The van der Waals surface area contributed by atoms with Crippen LogP contribution in [-0.2, 0) is 10.0 Å². The number of alkyl halides is 11. The molecule has 0 unspecified atom stereocenters. The van der Waals surface area contributed by atoms with Gasteiger partial charge in [-0.05, 0) is 7.05 Å². The highest BCUT2D eigenvalue weighted by Gasteiger charge is 2.89. The quantitative estimate of drug-likeness (QED) is 0.764. The van der Waals surface area contributed by atoms with E-state index in [1.165, 1.54) is 0 Å². The van der Waals surface area contributed by atoms with Gasteiger partial charge in [-0.2, -0.15) is 48.3 Å².